The number of halogens is 2. The lowest BCUT2D eigenvalue weighted by atomic mass is 10.2. The van der Waals surface area contributed by atoms with E-state index in [1.807, 2.05) is 0 Å². The standard InChI is InChI=1S/C22H21Cl2N5O3S/c1-3-9-29-19(12-25-21(31)14-7-8-17(23)18(24)10-14)27-28-22(29)33-13-20(30)26-15-5-4-6-16(11-15)32-2/h3-8,10-11H,1,9,12-13H2,2H3,(H,25,31)(H,26,30). The van der Waals surface area contributed by atoms with Gasteiger partial charge in [-0.05, 0) is 30.3 Å². The Hall–Kier alpha value is -3.01. The highest BCUT2D eigenvalue weighted by Crippen LogP contribution is 2.23. The van der Waals surface area contributed by atoms with E-state index in [2.05, 4.69) is 27.4 Å². The van der Waals surface area contributed by atoms with E-state index >= 15 is 0 Å². The van der Waals surface area contributed by atoms with Gasteiger partial charge < -0.3 is 19.9 Å². The second-order valence-electron chi connectivity index (χ2n) is 6.68. The summed E-state index contributed by atoms with van der Waals surface area (Å²) in [6.07, 6.45) is 1.69. The Kier molecular flexibility index (Phi) is 8.76. The van der Waals surface area contributed by atoms with Crippen LogP contribution in [0.2, 0.25) is 10.0 Å². The van der Waals surface area contributed by atoms with Gasteiger partial charge in [0.15, 0.2) is 11.0 Å². The van der Waals surface area contributed by atoms with Crippen molar-refractivity contribution in [2.24, 2.45) is 0 Å². The number of anilines is 1. The Morgan fingerprint density at radius 3 is 2.73 bits per heavy atom. The zero-order valence-electron chi connectivity index (χ0n) is 17.7. The molecule has 2 aromatic carbocycles. The molecule has 0 radical (unpaired) electrons. The number of allylic oxidation sites excluding steroid dienone is 1. The predicted molar refractivity (Wildman–Crippen MR) is 130 cm³/mol. The number of nitrogens with one attached hydrogen (secondary N) is 2. The Labute approximate surface area is 205 Å². The molecule has 0 atom stereocenters. The largest absolute Gasteiger partial charge is 0.497 e. The SMILES string of the molecule is C=CCn1c(CNC(=O)c2ccc(Cl)c(Cl)c2)nnc1SCC(=O)Nc1cccc(OC)c1. The molecule has 1 heterocycles. The molecule has 0 fully saturated rings. The number of amides is 2. The van der Waals surface area contributed by atoms with E-state index in [-0.39, 0.29) is 24.1 Å². The second-order valence-corrected chi connectivity index (χ2v) is 8.44. The number of hydrogen-bond donors (Lipinski definition) is 2. The number of carbonyl (C=O) groups excluding carboxylic acids is 2. The topological polar surface area (TPSA) is 98.1 Å². The normalized spacial score (nSPS) is 10.5. The molecule has 0 spiro atoms. The van der Waals surface area contributed by atoms with Crippen LogP contribution in [-0.4, -0.2) is 39.4 Å². The maximum Gasteiger partial charge on any atom is 0.251 e. The third-order valence-corrected chi connectivity index (χ3v) is 6.09. The van der Waals surface area contributed by atoms with Gasteiger partial charge in [-0.1, -0.05) is 47.1 Å². The number of nitrogens with zero attached hydrogens (tertiary/aromatic N) is 3. The second kappa shape index (κ2) is 11.7. The summed E-state index contributed by atoms with van der Waals surface area (Å²) < 4.78 is 6.94. The summed E-state index contributed by atoms with van der Waals surface area (Å²) in [5, 5.41) is 15.1. The third kappa shape index (κ3) is 6.74. The van der Waals surface area contributed by atoms with E-state index in [1.165, 1.54) is 17.8 Å². The maximum absolute atomic E-state index is 12.4. The van der Waals surface area contributed by atoms with Gasteiger partial charge in [0.1, 0.15) is 5.75 Å². The van der Waals surface area contributed by atoms with E-state index in [0.717, 1.165) is 0 Å². The van der Waals surface area contributed by atoms with E-state index in [1.54, 1.807) is 54.2 Å². The quantitative estimate of drug-likeness (QED) is 0.312. The van der Waals surface area contributed by atoms with Gasteiger partial charge in [-0.15, -0.1) is 16.8 Å². The van der Waals surface area contributed by atoms with Crippen molar-refractivity contribution < 1.29 is 14.3 Å². The van der Waals surface area contributed by atoms with Crippen LogP contribution in [0.4, 0.5) is 5.69 Å². The average molecular weight is 506 g/mol. The fraction of sp³-hybridized carbons (Fsp3) is 0.182. The zero-order valence-corrected chi connectivity index (χ0v) is 20.0. The molecular formula is C22H21Cl2N5O3S. The molecular weight excluding hydrogens is 485 g/mol. The first-order valence-electron chi connectivity index (χ1n) is 9.74. The van der Waals surface area contributed by atoms with Crippen molar-refractivity contribution in [2.75, 3.05) is 18.2 Å². The Balaban J connectivity index is 1.61. The van der Waals surface area contributed by atoms with Crippen LogP contribution < -0.4 is 15.4 Å². The van der Waals surface area contributed by atoms with Crippen molar-refractivity contribution >= 4 is 52.5 Å². The van der Waals surface area contributed by atoms with Gasteiger partial charge >= 0.3 is 0 Å². The highest BCUT2D eigenvalue weighted by Gasteiger charge is 2.15. The predicted octanol–water partition coefficient (Wildman–Crippen LogP) is 4.44. The van der Waals surface area contributed by atoms with Crippen LogP contribution in [-0.2, 0) is 17.9 Å². The van der Waals surface area contributed by atoms with Crippen LogP contribution in [0.25, 0.3) is 0 Å². The number of hydrogen-bond acceptors (Lipinski definition) is 6. The highest BCUT2D eigenvalue weighted by molar-refractivity contribution is 7.99. The van der Waals surface area contributed by atoms with Crippen LogP contribution in [0.3, 0.4) is 0 Å². The Morgan fingerprint density at radius 2 is 2.00 bits per heavy atom. The molecule has 8 nitrogen and oxygen atoms in total. The number of rotatable bonds is 10. The maximum atomic E-state index is 12.4. The first-order chi connectivity index (χ1) is 15.9. The molecule has 0 unspecified atom stereocenters. The summed E-state index contributed by atoms with van der Waals surface area (Å²) in [7, 11) is 1.56. The van der Waals surface area contributed by atoms with Crippen molar-refractivity contribution in [3.63, 3.8) is 0 Å². The van der Waals surface area contributed by atoms with Crippen LogP contribution in [0.5, 0.6) is 5.75 Å². The molecule has 2 amide bonds. The summed E-state index contributed by atoms with van der Waals surface area (Å²) in [6.45, 7) is 4.31. The molecule has 0 bridgehead atoms. The summed E-state index contributed by atoms with van der Waals surface area (Å²) in [5.41, 5.74) is 1.02. The molecule has 0 saturated carbocycles. The molecule has 11 heteroatoms. The fourth-order valence-corrected chi connectivity index (χ4v) is 3.86. The number of benzene rings is 2. The smallest absolute Gasteiger partial charge is 0.251 e. The van der Waals surface area contributed by atoms with Gasteiger partial charge in [-0.3, -0.25) is 9.59 Å². The molecule has 1 aromatic heterocycles. The van der Waals surface area contributed by atoms with Gasteiger partial charge in [0.25, 0.3) is 5.91 Å². The number of ether oxygens (including phenoxy) is 1. The lowest BCUT2D eigenvalue weighted by Gasteiger charge is -2.10. The molecule has 0 aliphatic rings. The van der Waals surface area contributed by atoms with Gasteiger partial charge in [0.2, 0.25) is 5.91 Å². The van der Waals surface area contributed by atoms with Crippen molar-refractivity contribution in [2.45, 2.75) is 18.2 Å². The molecule has 0 saturated heterocycles. The summed E-state index contributed by atoms with van der Waals surface area (Å²) in [4.78, 5) is 24.8. The minimum Gasteiger partial charge on any atom is -0.497 e. The zero-order chi connectivity index (χ0) is 23.8. The third-order valence-electron chi connectivity index (χ3n) is 4.38. The minimum absolute atomic E-state index is 0.127. The molecule has 0 aliphatic carbocycles. The van der Waals surface area contributed by atoms with Gasteiger partial charge in [-0.2, -0.15) is 0 Å². The fourth-order valence-electron chi connectivity index (χ4n) is 2.80. The van der Waals surface area contributed by atoms with E-state index < -0.39 is 0 Å². The molecule has 33 heavy (non-hydrogen) atoms. The highest BCUT2D eigenvalue weighted by atomic mass is 35.5. The monoisotopic (exact) mass is 505 g/mol. The molecule has 2 N–H and O–H groups in total. The Bertz CT molecular complexity index is 1170. The van der Waals surface area contributed by atoms with Crippen molar-refractivity contribution in [3.05, 3.63) is 76.6 Å². The van der Waals surface area contributed by atoms with Crippen molar-refractivity contribution in [3.8, 4) is 5.75 Å². The first-order valence-corrected chi connectivity index (χ1v) is 11.5. The van der Waals surface area contributed by atoms with Crippen LogP contribution in [0.1, 0.15) is 16.2 Å². The van der Waals surface area contributed by atoms with E-state index in [9.17, 15) is 9.59 Å². The number of aromatic nitrogens is 3. The molecule has 172 valence electrons. The van der Waals surface area contributed by atoms with Crippen molar-refractivity contribution in [1.29, 1.82) is 0 Å². The minimum atomic E-state index is -0.325. The van der Waals surface area contributed by atoms with E-state index in [4.69, 9.17) is 27.9 Å². The molecule has 3 aromatic rings. The summed E-state index contributed by atoms with van der Waals surface area (Å²) >= 11 is 13.1. The average Bonchev–Trinajstić information content (AvgIpc) is 3.19. The van der Waals surface area contributed by atoms with Crippen LogP contribution in [0, 0.1) is 0 Å². The van der Waals surface area contributed by atoms with E-state index in [0.29, 0.717) is 44.6 Å². The summed E-state index contributed by atoms with van der Waals surface area (Å²) in [6, 6.07) is 11.7. The molecule has 3 rings (SSSR count). The lowest BCUT2D eigenvalue weighted by molar-refractivity contribution is -0.113. The number of thioether (sulfide) groups is 1. The van der Waals surface area contributed by atoms with Gasteiger partial charge in [0.05, 0.1) is 29.5 Å². The van der Waals surface area contributed by atoms with Gasteiger partial charge in [0, 0.05) is 23.9 Å². The number of methoxy groups -OCH3 is 1. The first kappa shape index (κ1) is 24.6. The Morgan fingerprint density at radius 1 is 1.18 bits per heavy atom. The van der Waals surface area contributed by atoms with Crippen LogP contribution in [0.15, 0.2) is 60.3 Å². The van der Waals surface area contributed by atoms with Crippen molar-refractivity contribution in [1.82, 2.24) is 20.1 Å². The van der Waals surface area contributed by atoms with Crippen LogP contribution >= 0.6 is 35.0 Å². The van der Waals surface area contributed by atoms with Gasteiger partial charge in [-0.25, -0.2) is 0 Å². The molecule has 0 aliphatic heterocycles. The number of carbonyl (C=O) groups is 2. The lowest BCUT2D eigenvalue weighted by Crippen LogP contribution is -2.25. The summed E-state index contributed by atoms with van der Waals surface area (Å²) in [5.74, 6) is 0.782.